The number of rotatable bonds is 1. The van der Waals surface area contributed by atoms with Gasteiger partial charge in [-0.25, -0.2) is 4.79 Å². The highest BCUT2D eigenvalue weighted by Gasteiger charge is 2.26. The molecular formula is C17H21N3O. The van der Waals surface area contributed by atoms with E-state index in [4.69, 9.17) is 5.73 Å². The fourth-order valence-electron chi connectivity index (χ4n) is 2.88. The minimum atomic E-state index is -0.0369. The van der Waals surface area contributed by atoms with Crippen molar-refractivity contribution in [3.8, 4) is 0 Å². The predicted molar refractivity (Wildman–Crippen MR) is 86.3 cm³/mol. The van der Waals surface area contributed by atoms with Gasteiger partial charge < -0.3 is 16.0 Å². The van der Waals surface area contributed by atoms with Crippen molar-refractivity contribution >= 4 is 22.5 Å². The Morgan fingerprint density at radius 2 is 2.00 bits per heavy atom. The number of nitrogens with zero attached hydrogens (tertiary/aromatic N) is 1. The molecule has 2 amide bonds. The molecule has 1 saturated heterocycles. The largest absolute Gasteiger partial charge is 0.327 e. The molecule has 0 saturated carbocycles. The second kappa shape index (κ2) is 5.74. The lowest BCUT2D eigenvalue weighted by atomic mass is 9.95. The third-order valence-corrected chi connectivity index (χ3v) is 4.29. The monoisotopic (exact) mass is 283 g/mol. The molecule has 2 unspecified atom stereocenters. The van der Waals surface area contributed by atoms with Crippen LogP contribution in [0.15, 0.2) is 42.5 Å². The molecule has 1 heterocycles. The number of piperidine rings is 1. The van der Waals surface area contributed by atoms with Gasteiger partial charge in [0.15, 0.2) is 0 Å². The summed E-state index contributed by atoms with van der Waals surface area (Å²) in [6.07, 6.45) is 0.865. The number of nitrogens with one attached hydrogen (secondary N) is 1. The molecule has 1 aliphatic rings. The van der Waals surface area contributed by atoms with Crippen molar-refractivity contribution in [3.05, 3.63) is 42.5 Å². The Morgan fingerprint density at radius 1 is 1.24 bits per heavy atom. The topological polar surface area (TPSA) is 58.4 Å². The second-order valence-corrected chi connectivity index (χ2v) is 5.83. The van der Waals surface area contributed by atoms with E-state index < -0.39 is 0 Å². The number of likely N-dealkylation sites (tertiary alicyclic amines) is 1. The summed E-state index contributed by atoms with van der Waals surface area (Å²) >= 11 is 0. The molecule has 0 bridgehead atoms. The van der Waals surface area contributed by atoms with E-state index in [1.54, 1.807) is 0 Å². The van der Waals surface area contributed by atoms with E-state index in [1.165, 1.54) is 0 Å². The number of urea groups is 1. The van der Waals surface area contributed by atoms with Gasteiger partial charge >= 0.3 is 6.03 Å². The van der Waals surface area contributed by atoms with E-state index in [2.05, 4.69) is 12.2 Å². The summed E-state index contributed by atoms with van der Waals surface area (Å²) in [7, 11) is 0. The molecule has 21 heavy (non-hydrogen) atoms. The summed E-state index contributed by atoms with van der Waals surface area (Å²) in [4.78, 5) is 14.3. The Balaban J connectivity index is 1.78. The number of nitrogens with two attached hydrogens (primary N) is 1. The quantitative estimate of drug-likeness (QED) is 0.845. The lowest BCUT2D eigenvalue weighted by molar-refractivity contribution is 0.172. The summed E-state index contributed by atoms with van der Waals surface area (Å²) in [5, 5.41) is 5.23. The van der Waals surface area contributed by atoms with Gasteiger partial charge in [-0.15, -0.1) is 0 Å². The number of benzene rings is 2. The van der Waals surface area contributed by atoms with Gasteiger partial charge in [-0.3, -0.25) is 0 Å². The Morgan fingerprint density at radius 3 is 2.81 bits per heavy atom. The molecule has 1 fully saturated rings. The lowest BCUT2D eigenvalue weighted by Crippen LogP contribution is -2.49. The normalized spacial score (nSPS) is 22.3. The van der Waals surface area contributed by atoms with Crippen molar-refractivity contribution in [2.45, 2.75) is 19.4 Å². The molecule has 0 spiro atoms. The van der Waals surface area contributed by atoms with Crippen molar-refractivity contribution in [1.82, 2.24) is 4.90 Å². The van der Waals surface area contributed by atoms with Crippen molar-refractivity contribution in [1.29, 1.82) is 0 Å². The van der Waals surface area contributed by atoms with Gasteiger partial charge in [-0.2, -0.15) is 0 Å². The predicted octanol–water partition coefficient (Wildman–Crippen LogP) is 3.04. The Kier molecular flexibility index (Phi) is 3.80. The highest BCUT2D eigenvalue weighted by Crippen LogP contribution is 2.24. The molecule has 1 aliphatic heterocycles. The third-order valence-electron chi connectivity index (χ3n) is 4.29. The molecule has 3 rings (SSSR count). The van der Waals surface area contributed by atoms with E-state index in [0.717, 1.165) is 36.0 Å². The van der Waals surface area contributed by atoms with E-state index in [-0.39, 0.29) is 12.1 Å². The number of amides is 2. The van der Waals surface area contributed by atoms with Crippen molar-refractivity contribution in [2.24, 2.45) is 11.7 Å². The Bertz CT molecular complexity index is 650. The molecule has 2 aromatic carbocycles. The lowest BCUT2D eigenvalue weighted by Gasteiger charge is -2.35. The van der Waals surface area contributed by atoms with Crippen LogP contribution in [0.2, 0.25) is 0 Å². The van der Waals surface area contributed by atoms with Crippen LogP contribution < -0.4 is 11.1 Å². The smallest absolute Gasteiger partial charge is 0.321 e. The standard InChI is InChI=1S/C17H21N3O/c1-12-11-20(10-9-15(12)18)17(21)19-16-8-4-6-13-5-2-3-7-14(13)16/h2-8,12,15H,9-11,18H2,1H3,(H,19,21). The molecule has 2 aromatic rings. The minimum absolute atomic E-state index is 0.0369. The summed E-state index contributed by atoms with van der Waals surface area (Å²) < 4.78 is 0. The maximum atomic E-state index is 12.4. The molecule has 4 heteroatoms. The first kappa shape index (κ1) is 13.9. The van der Waals surface area contributed by atoms with Crippen molar-refractivity contribution in [2.75, 3.05) is 18.4 Å². The highest BCUT2D eigenvalue weighted by molar-refractivity contribution is 6.01. The zero-order valence-corrected chi connectivity index (χ0v) is 12.3. The zero-order valence-electron chi connectivity index (χ0n) is 12.3. The van der Waals surface area contributed by atoms with Gasteiger partial charge in [-0.1, -0.05) is 43.3 Å². The van der Waals surface area contributed by atoms with E-state index in [0.29, 0.717) is 5.92 Å². The van der Waals surface area contributed by atoms with Crippen LogP contribution in [0.1, 0.15) is 13.3 Å². The molecule has 3 N–H and O–H groups in total. The number of fused-ring (bicyclic) bond motifs is 1. The number of carbonyl (C=O) groups excluding carboxylic acids is 1. The fraction of sp³-hybridized carbons (Fsp3) is 0.353. The summed E-state index contributed by atoms with van der Waals surface area (Å²) in [5.74, 6) is 0.344. The SMILES string of the molecule is CC1CN(C(=O)Nc2cccc3ccccc23)CCC1N. The summed E-state index contributed by atoms with van der Waals surface area (Å²) in [6, 6.07) is 14.2. The number of hydrogen-bond acceptors (Lipinski definition) is 2. The molecule has 4 nitrogen and oxygen atoms in total. The first-order valence-electron chi connectivity index (χ1n) is 7.44. The molecule has 2 atom stereocenters. The fourth-order valence-corrected chi connectivity index (χ4v) is 2.88. The van der Waals surface area contributed by atoms with E-state index >= 15 is 0 Å². The van der Waals surface area contributed by atoms with Gasteiger partial charge in [0.05, 0.1) is 5.69 Å². The van der Waals surface area contributed by atoms with Crippen LogP contribution in [0.5, 0.6) is 0 Å². The first-order chi connectivity index (χ1) is 10.1. The number of carbonyl (C=O) groups is 1. The number of hydrogen-bond donors (Lipinski definition) is 2. The van der Waals surface area contributed by atoms with Gasteiger partial charge in [0.2, 0.25) is 0 Å². The molecule has 0 aromatic heterocycles. The molecule has 0 aliphatic carbocycles. The van der Waals surface area contributed by atoms with Crippen molar-refractivity contribution in [3.63, 3.8) is 0 Å². The van der Waals surface area contributed by atoms with Crippen molar-refractivity contribution < 1.29 is 4.79 Å². The highest BCUT2D eigenvalue weighted by atomic mass is 16.2. The zero-order chi connectivity index (χ0) is 14.8. The Labute approximate surface area is 124 Å². The average Bonchev–Trinajstić information content (AvgIpc) is 2.50. The van der Waals surface area contributed by atoms with Gasteiger partial charge in [-0.05, 0) is 23.8 Å². The first-order valence-corrected chi connectivity index (χ1v) is 7.44. The van der Waals surface area contributed by atoms with Crippen LogP contribution in [0.4, 0.5) is 10.5 Å². The van der Waals surface area contributed by atoms with Crippen LogP contribution in [-0.2, 0) is 0 Å². The average molecular weight is 283 g/mol. The van der Waals surface area contributed by atoms with Gasteiger partial charge in [0.25, 0.3) is 0 Å². The Hall–Kier alpha value is -2.07. The summed E-state index contributed by atoms with van der Waals surface area (Å²) in [5.41, 5.74) is 6.87. The second-order valence-electron chi connectivity index (χ2n) is 5.83. The third kappa shape index (κ3) is 2.85. The maximum Gasteiger partial charge on any atom is 0.321 e. The van der Waals surface area contributed by atoms with Gasteiger partial charge in [0.1, 0.15) is 0 Å². The minimum Gasteiger partial charge on any atom is -0.327 e. The van der Waals surface area contributed by atoms with Crippen LogP contribution >= 0.6 is 0 Å². The van der Waals surface area contributed by atoms with E-state index in [1.807, 2.05) is 47.4 Å². The molecule has 110 valence electrons. The van der Waals surface area contributed by atoms with Crippen LogP contribution in [0.3, 0.4) is 0 Å². The number of anilines is 1. The van der Waals surface area contributed by atoms with Gasteiger partial charge in [0, 0.05) is 24.5 Å². The summed E-state index contributed by atoms with van der Waals surface area (Å²) in [6.45, 7) is 3.54. The van der Waals surface area contributed by atoms with Crippen LogP contribution in [-0.4, -0.2) is 30.1 Å². The van der Waals surface area contributed by atoms with Crippen LogP contribution in [0.25, 0.3) is 10.8 Å². The van der Waals surface area contributed by atoms with E-state index in [9.17, 15) is 4.79 Å². The molecular weight excluding hydrogens is 262 g/mol. The van der Waals surface area contributed by atoms with Crippen LogP contribution in [0, 0.1) is 5.92 Å². The maximum absolute atomic E-state index is 12.4. The molecule has 0 radical (unpaired) electrons.